The highest BCUT2D eigenvalue weighted by atomic mass is 32.1. The van der Waals surface area contributed by atoms with Crippen LogP contribution in [0.5, 0.6) is 5.75 Å². The molecule has 0 unspecified atom stereocenters. The first kappa shape index (κ1) is 10.4. The summed E-state index contributed by atoms with van der Waals surface area (Å²) in [6, 6.07) is 6.00. The van der Waals surface area contributed by atoms with E-state index < -0.39 is 0 Å². The molecule has 3 nitrogen and oxygen atoms in total. The quantitative estimate of drug-likeness (QED) is 0.800. The van der Waals surface area contributed by atoms with Crippen molar-refractivity contribution in [3.63, 3.8) is 0 Å². The predicted octanol–water partition coefficient (Wildman–Crippen LogP) is 0.610. The van der Waals surface area contributed by atoms with Crippen LogP contribution in [0.2, 0.25) is 0 Å². The third kappa shape index (κ3) is 1.91. The molecule has 0 amide bonds. The maximum absolute atomic E-state index is 11.5. The van der Waals surface area contributed by atoms with Crippen molar-refractivity contribution in [1.29, 1.82) is 0 Å². The van der Waals surface area contributed by atoms with Crippen molar-refractivity contribution in [2.45, 2.75) is 6.42 Å². The monoisotopic (exact) mass is 245 g/mol. The summed E-state index contributed by atoms with van der Waals surface area (Å²) in [5, 5.41) is 0. The number of ether oxygens (including phenoxy) is 1. The highest BCUT2D eigenvalue weighted by Gasteiger charge is 2.11. The fourth-order valence-electron chi connectivity index (χ4n) is 1.94. The first-order chi connectivity index (χ1) is 8.22. The van der Waals surface area contributed by atoms with Crippen LogP contribution in [0.15, 0.2) is 23.0 Å². The van der Waals surface area contributed by atoms with E-state index in [2.05, 4.69) is 17.6 Å². The summed E-state index contributed by atoms with van der Waals surface area (Å²) in [5.74, 6) is 0.958. The maximum atomic E-state index is 11.5. The Labute approximate surface area is 102 Å². The van der Waals surface area contributed by atoms with Crippen molar-refractivity contribution in [2.24, 2.45) is 0 Å². The Morgan fingerprint density at radius 2 is 2.35 bits per heavy atom. The number of benzene rings is 1. The van der Waals surface area contributed by atoms with E-state index in [1.54, 1.807) is 0 Å². The van der Waals surface area contributed by atoms with E-state index in [0.29, 0.717) is 9.20 Å². The van der Waals surface area contributed by atoms with Crippen LogP contribution in [-0.2, 0) is 6.42 Å². The van der Waals surface area contributed by atoms with E-state index >= 15 is 0 Å². The minimum absolute atomic E-state index is 0.0725. The summed E-state index contributed by atoms with van der Waals surface area (Å²) >= 11 is 1.38. The zero-order valence-corrected chi connectivity index (χ0v) is 9.97. The fraction of sp³-hybridized carbons (Fsp3) is 0.154. The first-order valence-corrected chi connectivity index (χ1v) is 6.19. The number of hydrogen-bond acceptors (Lipinski definition) is 3. The number of thiazole rings is 1. The molecule has 0 spiro atoms. The lowest BCUT2D eigenvalue weighted by Gasteiger charge is -1.98. The van der Waals surface area contributed by atoms with Gasteiger partial charge in [-0.1, -0.05) is 12.6 Å². The van der Waals surface area contributed by atoms with Crippen LogP contribution in [0.25, 0.3) is 12.7 Å². The molecule has 1 aliphatic heterocycles. The molecule has 3 rings (SSSR count). The second-order valence-electron chi connectivity index (χ2n) is 3.95. The third-order valence-electron chi connectivity index (χ3n) is 2.72. The molecule has 0 fully saturated rings. The maximum Gasteiger partial charge on any atom is 0.266 e. The van der Waals surface area contributed by atoms with Gasteiger partial charge in [-0.3, -0.25) is 4.79 Å². The Morgan fingerprint density at radius 1 is 1.47 bits per heavy atom. The van der Waals surface area contributed by atoms with Crippen molar-refractivity contribution < 1.29 is 4.74 Å². The van der Waals surface area contributed by atoms with E-state index in [1.165, 1.54) is 16.9 Å². The molecule has 0 saturated carbocycles. The Bertz CT molecular complexity index is 727. The van der Waals surface area contributed by atoms with Gasteiger partial charge >= 0.3 is 0 Å². The molecule has 0 bridgehead atoms. The van der Waals surface area contributed by atoms with Gasteiger partial charge in [0.1, 0.15) is 5.75 Å². The zero-order chi connectivity index (χ0) is 11.8. The van der Waals surface area contributed by atoms with Gasteiger partial charge in [-0.2, -0.15) is 0 Å². The first-order valence-electron chi connectivity index (χ1n) is 5.38. The van der Waals surface area contributed by atoms with Gasteiger partial charge in [0.25, 0.3) is 5.56 Å². The fourth-order valence-corrected chi connectivity index (χ4v) is 2.68. The van der Waals surface area contributed by atoms with Crippen LogP contribution in [0.4, 0.5) is 0 Å². The van der Waals surface area contributed by atoms with Crippen molar-refractivity contribution in [3.8, 4) is 5.75 Å². The lowest BCUT2D eigenvalue weighted by Crippen LogP contribution is -2.19. The lowest BCUT2D eigenvalue weighted by molar-refractivity contribution is 0.357. The smallest absolute Gasteiger partial charge is 0.266 e. The summed E-state index contributed by atoms with van der Waals surface area (Å²) in [7, 11) is 0. The molecule has 2 heterocycles. The largest absolute Gasteiger partial charge is 0.493 e. The minimum Gasteiger partial charge on any atom is -0.493 e. The molecule has 0 atom stereocenters. The van der Waals surface area contributed by atoms with Crippen LogP contribution >= 0.6 is 11.3 Å². The van der Waals surface area contributed by atoms with E-state index in [9.17, 15) is 4.79 Å². The average molecular weight is 245 g/mol. The van der Waals surface area contributed by atoms with Crippen LogP contribution in [-0.4, -0.2) is 11.6 Å². The molecule has 17 heavy (non-hydrogen) atoms. The summed E-state index contributed by atoms with van der Waals surface area (Å²) in [5.41, 5.74) is 2.17. The number of rotatable bonds is 1. The van der Waals surface area contributed by atoms with Gasteiger partial charge in [-0.25, -0.2) is 0 Å². The Kier molecular flexibility index (Phi) is 2.37. The SMILES string of the molecule is C=c1[nH]c(=O)/c(=C/c2ccc3c(c2)CCO3)s1. The predicted molar refractivity (Wildman–Crippen MR) is 68.9 cm³/mol. The molecule has 0 radical (unpaired) electrons. The van der Waals surface area contributed by atoms with Crippen LogP contribution in [0.3, 0.4) is 0 Å². The number of hydrogen-bond donors (Lipinski definition) is 1. The number of aromatic amines is 1. The highest BCUT2D eigenvalue weighted by molar-refractivity contribution is 7.07. The van der Waals surface area contributed by atoms with Gasteiger partial charge < -0.3 is 9.72 Å². The molecule has 86 valence electrons. The molecule has 1 aromatic carbocycles. The van der Waals surface area contributed by atoms with E-state index in [4.69, 9.17) is 4.74 Å². The second kappa shape index (κ2) is 3.89. The van der Waals surface area contributed by atoms with Crippen LogP contribution in [0, 0.1) is 0 Å². The molecular formula is C13H11NO2S. The van der Waals surface area contributed by atoms with Crippen LogP contribution in [0.1, 0.15) is 11.1 Å². The molecule has 1 aliphatic rings. The van der Waals surface area contributed by atoms with E-state index in [-0.39, 0.29) is 5.56 Å². The zero-order valence-electron chi connectivity index (χ0n) is 9.16. The number of H-pyrrole nitrogens is 1. The third-order valence-corrected chi connectivity index (χ3v) is 3.59. The van der Waals surface area contributed by atoms with Crippen LogP contribution < -0.4 is 19.5 Å². The lowest BCUT2D eigenvalue weighted by atomic mass is 10.1. The van der Waals surface area contributed by atoms with Gasteiger partial charge in [0.2, 0.25) is 0 Å². The molecule has 0 aliphatic carbocycles. The van der Waals surface area contributed by atoms with Gasteiger partial charge in [-0.05, 0) is 29.3 Å². The van der Waals surface area contributed by atoms with Gasteiger partial charge in [0, 0.05) is 6.42 Å². The molecule has 1 aromatic heterocycles. The highest BCUT2D eigenvalue weighted by Crippen LogP contribution is 2.25. The van der Waals surface area contributed by atoms with Gasteiger partial charge in [0.15, 0.2) is 0 Å². The van der Waals surface area contributed by atoms with E-state index in [1.807, 2.05) is 18.2 Å². The topological polar surface area (TPSA) is 42.1 Å². The van der Waals surface area contributed by atoms with Gasteiger partial charge in [0.05, 0.1) is 15.8 Å². The summed E-state index contributed by atoms with van der Waals surface area (Å²) in [4.78, 5) is 14.2. The number of nitrogens with one attached hydrogen (secondary N) is 1. The standard InChI is InChI=1S/C13H11NO2S/c1-8-14-13(15)12(17-8)7-9-2-3-11-10(6-9)4-5-16-11/h2-3,6-7H,1,4-5H2,(H,14,15)/b12-7-. The van der Waals surface area contributed by atoms with Gasteiger partial charge in [-0.15, -0.1) is 11.3 Å². The van der Waals surface area contributed by atoms with Crippen molar-refractivity contribution in [1.82, 2.24) is 4.98 Å². The Morgan fingerprint density at radius 3 is 3.12 bits per heavy atom. The average Bonchev–Trinajstić information content (AvgIpc) is 2.85. The summed E-state index contributed by atoms with van der Waals surface area (Å²) < 4.78 is 6.82. The van der Waals surface area contributed by atoms with Crippen molar-refractivity contribution >= 4 is 24.0 Å². The number of aromatic nitrogens is 1. The minimum atomic E-state index is -0.0725. The molecule has 0 saturated heterocycles. The van der Waals surface area contributed by atoms with E-state index in [0.717, 1.165) is 24.3 Å². The normalized spacial score (nSPS) is 14.7. The molecular weight excluding hydrogens is 234 g/mol. The molecule has 1 N–H and O–H groups in total. The second-order valence-corrected chi connectivity index (χ2v) is 5.09. The summed E-state index contributed by atoms with van der Waals surface area (Å²) in [6.07, 6.45) is 2.83. The summed E-state index contributed by atoms with van der Waals surface area (Å²) in [6.45, 7) is 4.48. The molecule has 4 heteroatoms. The Hall–Kier alpha value is -1.81. The van der Waals surface area contributed by atoms with Crippen molar-refractivity contribution in [3.05, 3.63) is 48.9 Å². The van der Waals surface area contributed by atoms with Crippen molar-refractivity contribution in [2.75, 3.05) is 6.61 Å². The Balaban J connectivity index is 2.12. The number of fused-ring (bicyclic) bond motifs is 1. The molecule has 2 aromatic rings.